The van der Waals surface area contributed by atoms with Crippen LogP contribution in [0.1, 0.15) is 0 Å². The molecule has 0 aromatic heterocycles. The average molecular weight is 120 g/mol. The molecule has 0 saturated carbocycles. The number of hydrogen-bond donors (Lipinski definition) is 0. The van der Waals surface area contributed by atoms with Gasteiger partial charge in [0, 0.05) is 0 Å². The summed E-state index contributed by atoms with van der Waals surface area (Å²) in [5, 5.41) is 0. The molecule has 42 valence electrons. The Bertz CT molecular complexity index is 102. The predicted molar refractivity (Wildman–Crippen MR) is 30.4 cm³/mol. The van der Waals surface area contributed by atoms with Crippen molar-refractivity contribution in [3.63, 3.8) is 0 Å². The van der Waals surface area contributed by atoms with Gasteiger partial charge in [0.15, 0.2) is 0 Å². The van der Waals surface area contributed by atoms with Crippen LogP contribution in [0.4, 0.5) is 0 Å². The van der Waals surface area contributed by atoms with Crippen LogP contribution in [0.25, 0.3) is 0 Å². The van der Waals surface area contributed by atoms with Gasteiger partial charge in [0.25, 0.3) is 0 Å². The van der Waals surface area contributed by atoms with Crippen molar-refractivity contribution in [1.29, 1.82) is 0 Å². The molecule has 0 aromatic rings. The third-order valence-electron chi connectivity index (χ3n) is 0.514. The second kappa shape index (κ2) is 2.27. The Kier molecular flexibility index (Phi) is 2.24. The van der Waals surface area contributed by atoms with E-state index >= 15 is 0 Å². The van der Waals surface area contributed by atoms with Crippen molar-refractivity contribution in [3.8, 4) is 0 Å². The molecule has 7 heavy (non-hydrogen) atoms. The lowest BCUT2D eigenvalue weighted by molar-refractivity contribution is -0.105. The van der Waals surface area contributed by atoms with Gasteiger partial charge in [-0.2, -0.15) is 0 Å². The van der Waals surface area contributed by atoms with Crippen molar-refractivity contribution in [1.82, 2.24) is 0 Å². The van der Waals surface area contributed by atoms with Crippen LogP contribution in [0.2, 0.25) is 0 Å². The normalized spacial score (nSPS) is 11.1. The van der Waals surface area contributed by atoms with Crippen molar-refractivity contribution >= 4 is 13.4 Å². The third-order valence-corrected chi connectivity index (χ3v) is 1.54. The van der Waals surface area contributed by atoms with Crippen LogP contribution in [-0.2, 0) is 9.36 Å². The van der Waals surface area contributed by atoms with Crippen molar-refractivity contribution in [2.24, 2.45) is 0 Å². The van der Waals surface area contributed by atoms with Crippen LogP contribution in [0.15, 0.2) is 0 Å². The van der Waals surface area contributed by atoms with E-state index in [0.29, 0.717) is 6.29 Å². The number of hydrogen-bond acceptors (Lipinski definition) is 2. The summed E-state index contributed by atoms with van der Waals surface area (Å²) in [5.74, 6) is 0. The van der Waals surface area contributed by atoms with Crippen LogP contribution in [0.5, 0.6) is 0 Å². The van der Waals surface area contributed by atoms with E-state index in [1.165, 1.54) is 0 Å². The Balaban J connectivity index is 3.57. The number of carbonyl (C=O) groups excluding carboxylic acids is 1. The Morgan fingerprint density at radius 3 is 2.00 bits per heavy atom. The van der Waals surface area contributed by atoms with Crippen molar-refractivity contribution in [3.05, 3.63) is 0 Å². The molecular formula is C4H9O2P. The van der Waals surface area contributed by atoms with Gasteiger partial charge in [0.05, 0.1) is 13.3 Å². The molecule has 0 fully saturated rings. The van der Waals surface area contributed by atoms with Crippen molar-refractivity contribution < 1.29 is 9.36 Å². The first-order valence-electron chi connectivity index (χ1n) is 2.04. The van der Waals surface area contributed by atoms with Gasteiger partial charge in [-0.05, 0) is 13.3 Å². The maximum atomic E-state index is 10.6. The number of aldehydes is 1. The van der Waals surface area contributed by atoms with Gasteiger partial charge in [-0.15, -0.1) is 0 Å². The zero-order chi connectivity index (χ0) is 5.91. The summed E-state index contributed by atoms with van der Waals surface area (Å²) in [6.07, 6.45) is 0.910. The molecule has 0 aliphatic rings. The molecule has 0 atom stereocenters. The molecular weight excluding hydrogens is 111 g/mol. The highest BCUT2D eigenvalue weighted by Crippen LogP contribution is 2.33. The summed E-state index contributed by atoms with van der Waals surface area (Å²) in [5.41, 5.74) is 0. The molecule has 0 bridgehead atoms. The minimum atomic E-state index is -2.03. The third kappa shape index (κ3) is 5.90. The number of rotatable bonds is 2. The van der Waals surface area contributed by atoms with E-state index in [0.717, 1.165) is 0 Å². The lowest BCUT2D eigenvalue weighted by atomic mass is 10.9. The smallest absolute Gasteiger partial charge is 0.127 e. The van der Waals surface area contributed by atoms with Crippen molar-refractivity contribution in [2.75, 3.05) is 19.5 Å². The number of carbonyl (C=O) groups is 1. The maximum absolute atomic E-state index is 10.6. The molecule has 0 aromatic carbocycles. The maximum Gasteiger partial charge on any atom is 0.127 e. The lowest BCUT2D eigenvalue weighted by Crippen LogP contribution is -1.84. The molecule has 0 N–H and O–H groups in total. The van der Waals surface area contributed by atoms with Gasteiger partial charge in [-0.3, -0.25) is 0 Å². The highest BCUT2D eigenvalue weighted by Gasteiger charge is 2.02. The first-order chi connectivity index (χ1) is 3.06. The molecule has 0 aliphatic carbocycles. The fourth-order valence-corrected chi connectivity index (χ4v) is 0.539. The van der Waals surface area contributed by atoms with Gasteiger partial charge in [0.1, 0.15) is 6.29 Å². The Hall–Kier alpha value is -0.100. The van der Waals surface area contributed by atoms with E-state index in [1.54, 1.807) is 13.3 Å². The highest BCUT2D eigenvalue weighted by atomic mass is 31.2. The van der Waals surface area contributed by atoms with Gasteiger partial charge >= 0.3 is 0 Å². The molecule has 0 rings (SSSR count). The lowest BCUT2D eigenvalue weighted by Gasteiger charge is -1.95. The van der Waals surface area contributed by atoms with Crippen LogP contribution in [0, 0.1) is 0 Å². The van der Waals surface area contributed by atoms with Gasteiger partial charge < -0.3 is 9.36 Å². The SMILES string of the molecule is CP(C)(=O)CC=O. The Morgan fingerprint density at radius 2 is 2.00 bits per heavy atom. The largest absolute Gasteiger partial charge is 0.324 e. The summed E-state index contributed by atoms with van der Waals surface area (Å²) in [6.45, 7) is 3.20. The fourth-order valence-electron chi connectivity index (χ4n) is 0.180. The van der Waals surface area contributed by atoms with Crippen LogP contribution in [-0.4, -0.2) is 25.8 Å². The minimum Gasteiger partial charge on any atom is -0.324 e. The van der Waals surface area contributed by atoms with E-state index in [4.69, 9.17) is 0 Å². The molecule has 0 spiro atoms. The topological polar surface area (TPSA) is 34.1 Å². The summed E-state index contributed by atoms with van der Waals surface area (Å²) in [4.78, 5) is 9.65. The quantitative estimate of drug-likeness (QED) is 0.399. The van der Waals surface area contributed by atoms with Crippen LogP contribution in [0.3, 0.4) is 0 Å². The fraction of sp³-hybridized carbons (Fsp3) is 0.750. The molecule has 0 saturated heterocycles. The van der Waals surface area contributed by atoms with Gasteiger partial charge in [0.2, 0.25) is 0 Å². The molecule has 0 amide bonds. The van der Waals surface area contributed by atoms with E-state index in [1.807, 2.05) is 0 Å². The van der Waals surface area contributed by atoms with Gasteiger partial charge in [-0.1, -0.05) is 0 Å². The highest BCUT2D eigenvalue weighted by molar-refractivity contribution is 7.63. The van der Waals surface area contributed by atoms with E-state index in [9.17, 15) is 9.36 Å². The van der Waals surface area contributed by atoms with E-state index < -0.39 is 7.14 Å². The first kappa shape index (κ1) is 6.90. The Labute approximate surface area is 43.3 Å². The summed E-state index contributed by atoms with van der Waals surface area (Å²) in [6, 6.07) is 0. The molecule has 0 heterocycles. The van der Waals surface area contributed by atoms with Crippen LogP contribution < -0.4 is 0 Å². The van der Waals surface area contributed by atoms with Crippen molar-refractivity contribution in [2.45, 2.75) is 0 Å². The molecule has 0 aliphatic heterocycles. The summed E-state index contributed by atoms with van der Waals surface area (Å²) >= 11 is 0. The Morgan fingerprint density at radius 1 is 1.57 bits per heavy atom. The molecule has 2 nitrogen and oxygen atoms in total. The van der Waals surface area contributed by atoms with E-state index in [-0.39, 0.29) is 6.16 Å². The summed E-state index contributed by atoms with van der Waals surface area (Å²) < 4.78 is 10.6. The predicted octanol–water partition coefficient (Wildman–Crippen LogP) is 0.808. The van der Waals surface area contributed by atoms with Crippen LogP contribution >= 0.6 is 7.14 Å². The monoisotopic (exact) mass is 120 g/mol. The second-order valence-electron chi connectivity index (χ2n) is 1.92. The first-order valence-corrected chi connectivity index (χ1v) is 4.82. The minimum absolute atomic E-state index is 0.215. The molecule has 0 radical (unpaired) electrons. The zero-order valence-electron chi connectivity index (χ0n) is 4.55. The molecule has 0 unspecified atom stereocenters. The zero-order valence-corrected chi connectivity index (χ0v) is 5.44. The van der Waals surface area contributed by atoms with E-state index in [2.05, 4.69) is 0 Å². The standard InChI is InChI=1S/C4H9O2P/c1-7(2,6)4-3-5/h3H,4H2,1-2H3. The summed E-state index contributed by atoms with van der Waals surface area (Å²) in [7, 11) is -2.03. The average Bonchev–Trinajstić information content (AvgIpc) is 1.30. The molecule has 3 heteroatoms. The second-order valence-corrected chi connectivity index (χ2v) is 5.44. The van der Waals surface area contributed by atoms with Gasteiger partial charge in [-0.25, -0.2) is 0 Å².